The molecule has 1 aromatic heterocycles. The molecular formula is C31H29N3O3. The fourth-order valence-corrected chi connectivity index (χ4v) is 4.93. The maximum Gasteiger partial charge on any atom is 0.407 e. The highest BCUT2D eigenvalue weighted by atomic mass is 16.4. The van der Waals surface area contributed by atoms with Gasteiger partial charge in [0.2, 0.25) is 0 Å². The minimum Gasteiger partial charge on any atom is -0.465 e. The van der Waals surface area contributed by atoms with Gasteiger partial charge in [0.25, 0.3) is 5.91 Å². The molecule has 2 amide bonds. The van der Waals surface area contributed by atoms with Crippen LogP contribution in [0.25, 0.3) is 23.0 Å². The van der Waals surface area contributed by atoms with Crippen molar-refractivity contribution in [3.05, 3.63) is 120 Å². The summed E-state index contributed by atoms with van der Waals surface area (Å²) in [7, 11) is 0. The second kappa shape index (κ2) is 10.6. The highest BCUT2D eigenvalue weighted by Gasteiger charge is 2.34. The minimum absolute atomic E-state index is 0.107. The summed E-state index contributed by atoms with van der Waals surface area (Å²) in [5.74, 6) is -0.107. The van der Waals surface area contributed by atoms with Crippen LogP contribution < -0.4 is 0 Å². The van der Waals surface area contributed by atoms with E-state index in [9.17, 15) is 14.7 Å². The lowest BCUT2D eigenvalue weighted by Gasteiger charge is -2.39. The summed E-state index contributed by atoms with van der Waals surface area (Å²) in [6, 6.07) is 31.3. The highest BCUT2D eigenvalue weighted by molar-refractivity contribution is 6.01. The molecule has 1 N–H and O–H groups in total. The molecule has 4 aromatic rings. The molecule has 0 radical (unpaired) electrons. The third kappa shape index (κ3) is 5.05. The zero-order chi connectivity index (χ0) is 25.8. The van der Waals surface area contributed by atoms with Crippen molar-refractivity contribution in [1.82, 2.24) is 14.4 Å². The normalized spacial score (nSPS) is 15.8. The number of para-hydroxylation sites is 1. The number of benzene rings is 3. The molecule has 1 saturated heterocycles. The number of nitrogens with zero attached hydrogens (tertiary/aromatic N) is 3. The number of aryl methyl sites for hydroxylation is 1. The number of carbonyl (C=O) groups is 2. The molecule has 0 bridgehead atoms. The van der Waals surface area contributed by atoms with Gasteiger partial charge in [0.05, 0.1) is 17.3 Å². The molecular weight excluding hydrogens is 462 g/mol. The van der Waals surface area contributed by atoms with Gasteiger partial charge in [0.1, 0.15) is 0 Å². The zero-order valence-electron chi connectivity index (χ0n) is 20.7. The van der Waals surface area contributed by atoms with E-state index >= 15 is 0 Å². The van der Waals surface area contributed by atoms with Crippen molar-refractivity contribution in [2.75, 3.05) is 19.6 Å². The van der Waals surface area contributed by atoms with E-state index in [1.165, 1.54) is 4.90 Å². The van der Waals surface area contributed by atoms with Gasteiger partial charge in [-0.3, -0.25) is 4.79 Å². The van der Waals surface area contributed by atoms with Crippen molar-refractivity contribution in [2.24, 2.45) is 0 Å². The van der Waals surface area contributed by atoms with E-state index in [0.29, 0.717) is 12.1 Å². The van der Waals surface area contributed by atoms with Crippen molar-refractivity contribution in [1.29, 1.82) is 0 Å². The van der Waals surface area contributed by atoms with Gasteiger partial charge in [0, 0.05) is 31.0 Å². The van der Waals surface area contributed by atoms with Crippen LogP contribution in [-0.4, -0.2) is 57.1 Å². The van der Waals surface area contributed by atoms with Crippen LogP contribution in [0.4, 0.5) is 4.79 Å². The zero-order valence-corrected chi connectivity index (χ0v) is 20.7. The van der Waals surface area contributed by atoms with Gasteiger partial charge in [-0.25, -0.2) is 4.79 Å². The lowest BCUT2D eigenvalue weighted by molar-refractivity contribution is 0.0530. The molecule has 5 rings (SSSR count). The lowest BCUT2D eigenvalue weighted by Crippen LogP contribution is -2.55. The Balaban J connectivity index is 1.57. The molecule has 1 aliphatic heterocycles. The van der Waals surface area contributed by atoms with Crippen LogP contribution in [0, 0.1) is 6.92 Å². The van der Waals surface area contributed by atoms with E-state index < -0.39 is 6.09 Å². The van der Waals surface area contributed by atoms with E-state index in [2.05, 4.69) is 4.57 Å². The number of carbonyl (C=O) groups excluding carboxylic acids is 1. The Labute approximate surface area is 216 Å². The Hall–Kier alpha value is -4.58. The van der Waals surface area contributed by atoms with Gasteiger partial charge in [0.15, 0.2) is 0 Å². The summed E-state index contributed by atoms with van der Waals surface area (Å²) in [5.41, 5.74) is 5.32. The number of aromatic nitrogens is 1. The standard InChI is InChI=1S/C31H29N3O3/c1-23-21-28(29(25-13-7-3-8-14-25)34(23)26-15-9-4-10-16-26)30(35)33-20-19-32(31(36)37)22-27(33)18-17-24-11-5-2-6-12-24/h2-18,21,27H,19-20,22H2,1H3,(H,36,37)/b18-17+/t27-/m1/s1. The molecule has 37 heavy (non-hydrogen) atoms. The predicted octanol–water partition coefficient (Wildman–Crippen LogP) is 5.97. The van der Waals surface area contributed by atoms with Gasteiger partial charge >= 0.3 is 6.09 Å². The molecule has 1 aliphatic rings. The quantitative estimate of drug-likeness (QED) is 0.374. The molecule has 0 saturated carbocycles. The van der Waals surface area contributed by atoms with Crippen molar-refractivity contribution in [3.8, 4) is 16.9 Å². The summed E-state index contributed by atoms with van der Waals surface area (Å²) in [4.78, 5) is 29.1. The number of rotatable bonds is 5. The van der Waals surface area contributed by atoms with Crippen LogP contribution in [0.2, 0.25) is 0 Å². The second-order valence-corrected chi connectivity index (χ2v) is 9.15. The molecule has 6 nitrogen and oxygen atoms in total. The van der Waals surface area contributed by atoms with Crippen LogP contribution in [0.3, 0.4) is 0 Å². The topological polar surface area (TPSA) is 65.8 Å². The molecule has 1 fully saturated rings. The first-order chi connectivity index (χ1) is 18.0. The maximum absolute atomic E-state index is 14.2. The average molecular weight is 492 g/mol. The third-order valence-electron chi connectivity index (χ3n) is 6.74. The number of carboxylic acid groups (broad SMARTS) is 1. The monoisotopic (exact) mass is 491 g/mol. The average Bonchev–Trinajstić information content (AvgIpc) is 3.29. The van der Waals surface area contributed by atoms with Crippen molar-refractivity contribution in [3.63, 3.8) is 0 Å². The summed E-state index contributed by atoms with van der Waals surface area (Å²) in [6.07, 6.45) is 2.92. The Morgan fingerprint density at radius 1 is 0.865 bits per heavy atom. The number of amides is 2. The number of hydrogen-bond donors (Lipinski definition) is 1. The molecule has 1 atom stereocenters. The van der Waals surface area contributed by atoms with Crippen molar-refractivity contribution >= 4 is 18.1 Å². The van der Waals surface area contributed by atoms with Gasteiger partial charge in [-0.05, 0) is 36.2 Å². The maximum atomic E-state index is 14.2. The Morgan fingerprint density at radius 3 is 2.14 bits per heavy atom. The molecule has 2 heterocycles. The largest absolute Gasteiger partial charge is 0.465 e. The van der Waals surface area contributed by atoms with E-state index in [1.807, 2.05) is 116 Å². The Kier molecular flexibility index (Phi) is 6.90. The van der Waals surface area contributed by atoms with Crippen molar-refractivity contribution < 1.29 is 14.7 Å². The van der Waals surface area contributed by atoms with Crippen LogP contribution in [-0.2, 0) is 0 Å². The second-order valence-electron chi connectivity index (χ2n) is 9.15. The van der Waals surface area contributed by atoms with Gasteiger partial charge in [-0.15, -0.1) is 0 Å². The van der Waals surface area contributed by atoms with Gasteiger partial charge < -0.3 is 19.5 Å². The fraction of sp³-hybridized carbons (Fsp3) is 0.161. The number of piperazine rings is 1. The summed E-state index contributed by atoms with van der Waals surface area (Å²) >= 11 is 0. The van der Waals surface area contributed by atoms with Crippen LogP contribution >= 0.6 is 0 Å². The lowest BCUT2D eigenvalue weighted by atomic mass is 10.0. The predicted molar refractivity (Wildman–Crippen MR) is 146 cm³/mol. The van der Waals surface area contributed by atoms with Crippen LogP contribution in [0.1, 0.15) is 21.6 Å². The molecule has 6 heteroatoms. The minimum atomic E-state index is -0.971. The van der Waals surface area contributed by atoms with E-state index in [-0.39, 0.29) is 25.0 Å². The molecule has 0 unspecified atom stereocenters. The SMILES string of the molecule is Cc1cc(C(=O)N2CCN(C(=O)O)C[C@H]2/C=C/c2ccccc2)c(-c2ccccc2)n1-c1ccccc1. The first-order valence-electron chi connectivity index (χ1n) is 12.4. The fourth-order valence-electron chi connectivity index (χ4n) is 4.93. The molecule has 0 aliphatic carbocycles. The smallest absolute Gasteiger partial charge is 0.407 e. The van der Waals surface area contributed by atoms with Crippen molar-refractivity contribution in [2.45, 2.75) is 13.0 Å². The highest BCUT2D eigenvalue weighted by Crippen LogP contribution is 2.32. The van der Waals surface area contributed by atoms with Crippen LogP contribution in [0.15, 0.2) is 103 Å². The Bertz CT molecular complexity index is 1410. The number of hydrogen-bond acceptors (Lipinski definition) is 2. The van der Waals surface area contributed by atoms with E-state index in [1.54, 1.807) is 4.90 Å². The first-order valence-corrected chi connectivity index (χ1v) is 12.4. The Morgan fingerprint density at radius 2 is 1.49 bits per heavy atom. The summed E-state index contributed by atoms with van der Waals surface area (Å²) in [5, 5.41) is 9.64. The summed E-state index contributed by atoms with van der Waals surface area (Å²) in [6.45, 7) is 2.82. The summed E-state index contributed by atoms with van der Waals surface area (Å²) < 4.78 is 2.12. The van der Waals surface area contributed by atoms with Gasteiger partial charge in [-0.2, -0.15) is 0 Å². The molecule has 3 aromatic carbocycles. The van der Waals surface area contributed by atoms with E-state index in [4.69, 9.17) is 0 Å². The molecule has 186 valence electrons. The van der Waals surface area contributed by atoms with Crippen LogP contribution in [0.5, 0.6) is 0 Å². The first kappa shape index (κ1) is 24.1. The molecule has 0 spiro atoms. The van der Waals surface area contributed by atoms with Gasteiger partial charge in [-0.1, -0.05) is 91.0 Å². The van der Waals surface area contributed by atoms with E-state index in [0.717, 1.165) is 28.2 Å². The third-order valence-corrected chi connectivity index (χ3v) is 6.74.